The molecule has 0 spiro atoms. The fourth-order valence-electron chi connectivity index (χ4n) is 2.32. The zero-order valence-corrected chi connectivity index (χ0v) is 16.4. The molecule has 9 nitrogen and oxygen atoms in total. The number of anilines is 3. The van der Waals surface area contributed by atoms with E-state index >= 15 is 0 Å². The lowest BCUT2D eigenvalue weighted by atomic mass is 10.1. The molecule has 0 fully saturated rings. The van der Waals surface area contributed by atoms with Crippen molar-refractivity contribution in [3.05, 3.63) is 34.9 Å². The van der Waals surface area contributed by atoms with E-state index in [4.69, 9.17) is 10.8 Å². The number of aromatic carboxylic acids is 1. The number of nitrogen functional groups attached to an aromatic ring is 1. The van der Waals surface area contributed by atoms with Crippen molar-refractivity contribution in [3.63, 3.8) is 0 Å². The van der Waals surface area contributed by atoms with Crippen LogP contribution >= 0.6 is 11.8 Å². The molecule has 0 bridgehead atoms. The van der Waals surface area contributed by atoms with Crippen LogP contribution in [0.5, 0.6) is 0 Å². The first-order chi connectivity index (χ1) is 14.0. The third-order valence-corrected chi connectivity index (χ3v) is 4.40. The lowest BCUT2D eigenvalue weighted by molar-refractivity contribution is -0.137. The summed E-state index contributed by atoms with van der Waals surface area (Å²) < 4.78 is 39.0. The number of benzene rings is 1. The number of carboxylic acid groups (broad SMARTS) is 1. The van der Waals surface area contributed by atoms with Crippen LogP contribution in [0.25, 0.3) is 0 Å². The second-order valence-electron chi connectivity index (χ2n) is 5.88. The van der Waals surface area contributed by atoms with Gasteiger partial charge in [0.15, 0.2) is 5.82 Å². The van der Waals surface area contributed by atoms with Crippen molar-refractivity contribution in [1.29, 1.82) is 5.26 Å². The molecule has 2 aromatic rings. The number of amides is 1. The topological polar surface area (TPSA) is 154 Å². The maximum Gasteiger partial charge on any atom is 0.416 e. The molecule has 0 radical (unpaired) electrons. The van der Waals surface area contributed by atoms with Gasteiger partial charge in [0.2, 0.25) is 11.9 Å². The fourth-order valence-corrected chi connectivity index (χ4v) is 2.85. The molecule has 166 valence electrons. The van der Waals surface area contributed by atoms with Crippen LogP contribution in [0, 0.1) is 11.3 Å². The normalized spacial score (nSPS) is 11.6. The van der Waals surface area contributed by atoms with Crippen LogP contribution in [0.2, 0.25) is 0 Å². The summed E-state index contributed by atoms with van der Waals surface area (Å²) in [5, 5.41) is 23.5. The summed E-state index contributed by atoms with van der Waals surface area (Å²) in [6.45, 7) is 1.37. The number of rotatable bonds is 6. The molecular formula is C18H19F3N6O3S. The number of thioether (sulfide) groups is 1. The number of nitrogens with two attached hydrogens (primary N) is 1. The highest BCUT2D eigenvalue weighted by Crippen LogP contribution is 2.32. The number of alkyl halides is 3. The van der Waals surface area contributed by atoms with Gasteiger partial charge in [0.1, 0.15) is 22.7 Å². The molecule has 1 amide bonds. The summed E-state index contributed by atoms with van der Waals surface area (Å²) in [5.74, 6) is -2.54. The third-order valence-electron chi connectivity index (χ3n) is 3.72. The quantitative estimate of drug-likeness (QED) is 0.378. The maximum absolute atomic E-state index is 13.0. The van der Waals surface area contributed by atoms with Crippen LogP contribution in [0.4, 0.5) is 30.6 Å². The molecule has 31 heavy (non-hydrogen) atoms. The fraction of sp³-hybridized carbons (Fsp3) is 0.278. The summed E-state index contributed by atoms with van der Waals surface area (Å²) in [6, 6.07) is 2.81. The Labute approximate surface area is 179 Å². The molecular weight excluding hydrogens is 437 g/mol. The Hall–Kier alpha value is -3.53. The van der Waals surface area contributed by atoms with Gasteiger partial charge in [0.25, 0.3) is 0 Å². The average molecular weight is 456 g/mol. The maximum atomic E-state index is 13.0. The van der Waals surface area contributed by atoms with Crippen LogP contribution < -0.4 is 16.4 Å². The second kappa shape index (κ2) is 9.98. The first-order valence-corrected chi connectivity index (χ1v) is 9.33. The third kappa shape index (κ3) is 6.22. The van der Waals surface area contributed by atoms with Crippen LogP contribution in [0.15, 0.2) is 23.2 Å². The highest BCUT2D eigenvalue weighted by Gasteiger charge is 2.32. The van der Waals surface area contributed by atoms with E-state index < -0.39 is 35.2 Å². The van der Waals surface area contributed by atoms with Gasteiger partial charge >= 0.3 is 12.1 Å². The number of hydrogen-bond acceptors (Lipinski definition) is 8. The second-order valence-corrected chi connectivity index (χ2v) is 6.68. The van der Waals surface area contributed by atoms with Crippen molar-refractivity contribution in [2.75, 3.05) is 22.6 Å². The van der Waals surface area contributed by atoms with Crippen molar-refractivity contribution >= 4 is 41.1 Å². The predicted molar refractivity (Wildman–Crippen MR) is 110 cm³/mol. The largest absolute Gasteiger partial charge is 0.478 e. The summed E-state index contributed by atoms with van der Waals surface area (Å²) in [7, 11) is 0. The SMILES string of the molecule is C.CSc1nc(N)nc(N[C@@H](C)C(=O)Nc2cc(C(=O)O)cc(C(F)(F)F)c2)c1C#N. The Morgan fingerprint density at radius 3 is 2.45 bits per heavy atom. The number of carbonyl (C=O) groups is 2. The molecule has 2 rings (SSSR count). The Morgan fingerprint density at radius 1 is 1.29 bits per heavy atom. The number of nitrogens with zero attached hydrogens (tertiary/aromatic N) is 3. The minimum absolute atomic E-state index is 0. The van der Waals surface area contributed by atoms with Crippen LogP contribution in [0.1, 0.15) is 35.8 Å². The molecule has 0 aliphatic carbocycles. The van der Waals surface area contributed by atoms with Gasteiger partial charge in [-0.1, -0.05) is 7.43 Å². The standard InChI is InChI=1S/C17H15F3N6O3S.CH4/c1-7(23-12-11(6-21)14(30-2)26-16(22)25-12)13(27)24-10-4-8(15(28)29)3-9(5-10)17(18,19)20;/h3-5,7H,1-2H3,(H,24,27)(H,28,29)(H3,22,23,25,26);1H4/t7-;/m0./s1. The zero-order valence-electron chi connectivity index (χ0n) is 15.5. The Bertz CT molecular complexity index is 1040. The number of nitriles is 1. The van der Waals surface area contributed by atoms with Gasteiger partial charge in [-0.05, 0) is 31.4 Å². The highest BCUT2D eigenvalue weighted by molar-refractivity contribution is 7.98. The minimum Gasteiger partial charge on any atom is -0.478 e. The number of carbonyl (C=O) groups excluding carboxylic acids is 1. The molecule has 0 saturated carbocycles. The van der Waals surface area contributed by atoms with E-state index in [-0.39, 0.29) is 35.5 Å². The summed E-state index contributed by atoms with van der Waals surface area (Å²) in [4.78, 5) is 31.3. The molecule has 0 aliphatic rings. The molecule has 0 unspecified atom stereocenters. The first-order valence-electron chi connectivity index (χ1n) is 8.10. The number of halogens is 3. The van der Waals surface area contributed by atoms with E-state index in [1.165, 1.54) is 6.92 Å². The number of aromatic nitrogens is 2. The Balaban J connectivity index is 0.00000480. The summed E-state index contributed by atoms with van der Waals surface area (Å²) >= 11 is 1.14. The van der Waals surface area contributed by atoms with Crippen LogP contribution in [-0.4, -0.2) is 39.2 Å². The van der Waals surface area contributed by atoms with E-state index in [0.717, 1.165) is 17.8 Å². The molecule has 0 saturated heterocycles. The van der Waals surface area contributed by atoms with Gasteiger partial charge in [0.05, 0.1) is 11.1 Å². The van der Waals surface area contributed by atoms with Crippen molar-refractivity contribution in [3.8, 4) is 6.07 Å². The first kappa shape index (κ1) is 25.5. The smallest absolute Gasteiger partial charge is 0.416 e. The lowest BCUT2D eigenvalue weighted by Crippen LogP contribution is -2.33. The van der Waals surface area contributed by atoms with Crippen molar-refractivity contribution in [1.82, 2.24) is 9.97 Å². The van der Waals surface area contributed by atoms with E-state index in [9.17, 15) is 28.0 Å². The monoisotopic (exact) mass is 456 g/mol. The number of hydrogen-bond donors (Lipinski definition) is 4. The van der Waals surface area contributed by atoms with E-state index in [1.54, 1.807) is 6.26 Å². The van der Waals surface area contributed by atoms with E-state index in [2.05, 4.69) is 20.6 Å². The van der Waals surface area contributed by atoms with E-state index in [0.29, 0.717) is 12.1 Å². The Kier molecular flexibility index (Phi) is 8.22. The summed E-state index contributed by atoms with van der Waals surface area (Å²) in [6.07, 6.45) is -3.14. The van der Waals surface area contributed by atoms with Crippen molar-refractivity contribution in [2.45, 2.75) is 31.6 Å². The van der Waals surface area contributed by atoms with Crippen LogP contribution in [0.3, 0.4) is 0 Å². The molecule has 1 atom stereocenters. The number of carboxylic acids is 1. The van der Waals surface area contributed by atoms with Gasteiger partial charge in [-0.15, -0.1) is 11.8 Å². The number of nitrogens with one attached hydrogen (secondary N) is 2. The highest BCUT2D eigenvalue weighted by atomic mass is 32.2. The lowest BCUT2D eigenvalue weighted by Gasteiger charge is -2.17. The molecule has 5 N–H and O–H groups in total. The zero-order chi connectivity index (χ0) is 22.6. The molecule has 0 aliphatic heterocycles. The van der Waals surface area contributed by atoms with Gasteiger partial charge in [0, 0.05) is 5.69 Å². The van der Waals surface area contributed by atoms with Crippen molar-refractivity contribution < 1.29 is 27.9 Å². The molecule has 1 heterocycles. The van der Waals surface area contributed by atoms with Gasteiger partial charge in [-0.25, -0.2) is 9.78 Å². The minimum atomic E-state index is -4.80. The average Bonchev–Trinajstić information content (AvgIpc) is 2.66. The predicted octanol–water partition coefficient (Wildman–Crippen LogP) is 3.44. The van der Waals surface area contributed by atoms with E-state index in [1.807, 2.05) is 6.07 Å². The van der Waals surface area contributed by atoms with Gasteiger partial charge in [-0.3, -0.25) is 4.79 Å². The Morgan fingerprint density at radius 2 is 1.94 bits per heavy atom. The van der Waals surface area contributed by atoms with Gasteiger partial charge < -0.3 is 21.5 Å². The molecule has 1 aromatic heterocycles. The molecule has 13 heteroatoms. The van der Waals surface area contributed by atoms with Gasteiger partial charge in [-0.2, -0.15) is 23.4 Å². The summed E-state index contributed by atoms with van der Waals surface area (Å²) in [5.41, 5.74) is 3.42. The van der Waals surface area contributed by atoms with Crippen molar-refractivity contribution in [2.24, 2.45) is 0 Å². The van der Waals surface area contributed by atoms with Crippen LogP contribution in [-0.2, 0) is 11.0 Å². The molecule has 1 aromatic carbocycles.